The number of hydrogen-bond acceptors (Lipinski definition) is 7. The molecule has 0 unspecified atom stereocenters. The fraction of sp³-hybridized carbons (Fsp3) is 0.471. The normalized spacial score (nSPS) is 18.6. The Balaban J connectivity index is 1.22. The molecule has 2 aliphatic heterocycles. The maximum Gasteiger partial charge on any atom is 0.253 e. The molecule has 9 nitrogen and oxygen atoms in total. The molecule has 4 heterocycles. The van der Waals surface area contributed by atoms with Crippen LogP contribution in [0.25, 0.3) is 5.65 Å². The lowest BCUT2D eigenvalue weighted by molar-refractivity contribution is 0.0659. The summed E-state index contributed by atoms with van der Waals surface area (Å²) < 4.78 is 1.84. The molecular weight excluding hydrogens is 536 g/mol. The van der Waals surface area contributed by atoms with E-state index in [2.05, 4.69) is 59.3 Å². The average Bonchev–Trinajstić information content (AvgIpc) is 3.44. The molecule has 228 valence electrons. The third kappa shape index (κ3) is 7.16. The standard InChI is InChI=1S/C34H46N8O/c1-6-7-8-9-20-35-26(2)34(3)18-24-41(25-19-34)30-11-10-21-42-31(30)37-33(38-42)36-28-14-12-27(13-15-28)32(43)40(5)29-16-22-39(4)23-17-29/h6-15,21,29H,16-20,22-25H2,1-5H3,(H,36,38). The number of benzene rings is 1. The van der Waals surface area contributed by atoms with Crippen molar-refractivity contribution < 1.29 is 4.79 Å². The number of likely N-dealkylation sites (tertiary alicyclic amines) is 1. The van der Waals surface area contributed by atoms with Crippen molar-refractivity contribution in [3.8, 4) is 0 Å². The van der Waals surface area contributed by atoms with Gasteiger partial charge in [-0.1, -0.05) is 31.2 Å². The number of anilines is 3. The van der Waals surface area contributed by atoms with E-state index >= 15 is 0 Å². The van der Waals surface area contributed by atoms with E-state index in [1.54, 1.807) is 0 Å². The largest absolute Gasteiger partial charge is 0.368 e. The molecule has 1 aromatic carbocycles. The van der Waals surface area contributed by atoms with Crippen molar-refractivity contribution in [2.75, 3.05) is 57.0 Å². The summed E-state index contributed by atoms with van der Waals surface area (Å²) in [7, 11) is 4.06. The Morgan fingerprint density at radius 2 is 1.84 bits per heavy atom. The molecule has 0 atom stereocenters. The number of amides is 1. The number of fused-ring (bicyclic) bond motifs is 1. The lowest BCUT2D eigenvalue weighted by Gasteiger charge is -2.40. The number of pyridine rings is 1. The average molecular weight is 583 g/mol. The molecule has 5 rings (SSSR count). The number of carbonyl (C=O) groups is 1. The minimum absolute atomic E-state index is 0.0666. The minimum atomic E-state index is 0.0666. The predicted octanol–water partition coefficient (Wildman–Crippen LogP) is 5.84. The zero-order chi connectivity index (χ0) is 30.4. The van der Waals surface area contributed by atoms with Crippen molar-refractivity contribution in [2.24, 2.45) is 10.4 Å². The van der Waals surface area contributed by atoms with E-state index in [4.69, 9.17) is 9.98 Å². The highest BCUT2D eigenvalue weighted by Crippen LogP contribution is 2.35. The monoisotopic (exact) mass is 582 g/mol. The highest BCUT2D eigenvalue weighted by Gasteiger charge is 2.33. The minimum Gasteiger partial charge on any atom is -0.368 e. The number of allylic oxidation sites excluding steroid dienone is 3. The van der Waals surface area contributed by atoms with E-state index in [-0.39, 0.29) is 11.3 Å². The molecule has 2 aromatic heterocycles. The lowest BCUT2D eigenvalue weighted by atomic mass is 9.76. The second-order valence-corrected chi connectivity index (χ2v) is 12.2. The number of rotatable bonds is 9. The van der Waals surface area contributed by atoms with Crippen LogP contribution in [0, 0.1) is 5.41 Å². The number of aromatic nitrogens is 3. The van der Waals surface area contributed by atoms with Crippen LogP contribution in [0.3, 0.4) is 0 Å². The molecule has 1 N–H and O–H groups in total. The lowest BCUT2D eigenvalue weighted by Crippen LogP contribution is -2.44. The highest BCUT2D eigenvalue weighted by molar-refractivity contribution is 5.94. The van der Waals surface area contributed by atoms with Crippen molar-refractivity contribution in [2.45, 2.75) is 52.5 Å². The molecular formula is C34H46N8O. The summed E-state index contributed by atoms with van der Waals surface area (Å²) in [5, 5.41) is 8.02. The second kappa shape index (κ2) is 13.5. The SMILES string of the molecule is CC=CC=CCN=C(C)C1(C)CCN(c2cccn3nc(Nc4ccc(C(=O)N(C)C5CCN(C)CC5)cc4)nc23)CC1. The molecule has 0 bridgehead atoms. The summed E-state index contributed by atoms with van der Waals surface area (Å²) in [6, 6.07) is 12.1. The van der Waals surface area contributed by atoms with Gasteiger partial charge in [0.1, 0.15) is 0 Å². The van der Waals surface area contributed by atoms with Gasteiger partial charge in [-0.15, -0.1) is 5.10 Å². The van der Waals surface area contributed by atoms with Crippen LogP contribution in [-0.4, -0.2) is 88.9 Å². The maximum absolute atomic E-state index is 13.1. The molecule has 3 aromatic rings. The third-order valence-electron chi connectivity index (χ3n) is 9.24. The molecule has 0 saturated carbocycles. The first-order chi connectivity index (χ1) is 20.8. The maximum atomic E-state index is 13.1. The fourth-order valence-electron chi connectivity index (χ4n) is 6.00. The Labute approximate surface area is 256 Å². The van der Waals surface area contributed by atoms with E-state index in [9.17, 15) is 4.79 Å². The van der Waals surface area contributed by atoms with E-state index in [0.29, 0.717) is 17.6 Å². The zero-order valence-corrected chi connectivity index (χ0v) is 26.3. The van der Waals surface area contributed by atoms with E-state index in [1.807, 2.05) is 72.1 Å². The van der Waals surface area contributed by atoms with Crippen LogP contribution in [-0.2, 0) is 0 Å². The zero-order valence-electron chi connectivity index (χ0n) is 26.3. The molecule has 1 amide bonds. The second-order valence-electron chi connectivity index (χ2n) is 12.2. The summed E-state index contributed by atoms with van der Waals surface area (Å²) in [6.07, 6.45) is 14.3. The van der Waals surface area contributed by atoms with Crippen molar-refractivity contribution in [1.82, 2.24) is 24.4 Å². The molecule has 9 heteroatoms. The summed E-state index contributed by atoms with van der Waals surface area (Å²) in [6.45, 7) is 11.2. The van der Waals surface area contributed by atoms with Gasteiger partial charge in [-0.05, 0) is 96.1 Å². The molecule has 2 aliphatic rings. The van der Waals surface area contributed by atoms with E-state index in [1.165, 1.54) is 5.71 Å². The van der Waals surface area contributed by atoms with Gasteiger partial charge in [0.25, 0.3) is 5.91 Å². The van der Waals surface area contributed by atoms with Crippen LogP contribution in [0.2, 0.25) is 0 Å². The number of nitrogens with one attached hydrogen (secondary N) is 1. The Morgan fingerprint density at radius 3 is 2.53 bits per heavy atom. The van der Waals surface area contributed by atoms with Crippen LogP contribution in [0.4, 0.5) is 17.3 Å². The number of aliphatic imine (C=N–C) groups is 1. The molecule has 0 spiro atoms. The molecule has 2 saturated heterocycles. The van der Waals surface area contributed by atoms with Gasteiger partial charge in [0.2, 0.25) is 5.95 Å². The summed E-state index contributed by atoms with van der Waals surface area (Å²) in [4.78, 5) is 29.4. The topological polar surface area (TPSA) is 81.4 Å². The summed E-state index contributed by atoms with van der Waals surface area (Å²) >= 11 is 0. The number of nitrogens with zero attached hydrogens (tertiary/aromatic N) is 7. The molecule has 0 radical (unpaired) electrons. The predicted molar refractivity (Wildman–Crippen MR) is 177 cm³/mol. The van der Waals surface area contributed by atoms with Gasteiger partial charge >= 0.3 is 0 Å². The van der Waals surface area contributed by atoms with Crippen molar-refractivity contribution >= 4 is 34.6 Å². The fourth-order valence-corrected chi connectivity index (χ4v) is 6.00. The first-order valence-corrected chi connectivity index (χ1v) is 15.5. The van der Waals surface area contributed by atoms with Gasteiger partial charge in [-0.3, -0.25) is 9.79 Å². The first-order valence-electron chi connectivity index (χ1n) is 15.5. The van der Waals surface area contributed by atoms with E-state index < -0.39 is 0 Å². The third-order valence-corrected chi connectivity index (χ3v) is 9.24. The van der Waals surface area contributed by atoms with Crippen molar-refractivity contribution in [3.05, 3.63) is 72.5 Å². The van der Waals surface area contributed by atoms with Gasteiger partial charge in [0.05, 0.1) is 12.2 Å². The number of carbonyl (C=O) groups excluding carboxylic acids is 1. The summed E-state index contributed by atoms with van der Waals surface area (Å²) in [5.74, 6) is 0.600. The summed E-state index contributed by atoms with van der Waals surface area (Å²) in [5.41, 5.74) is 4.79. The van der Waals surface area contributed by atoms with Gasteiger partial charge < -0.3 is 20.0 Å². The van der Waals surface area contributed by atoms with Gasteiger partial charge in [0.15, 0.2) is 5.65 Å². The Kier molecular flexibility index (Phi) is 9.60. The first kappa shape index (κ1) is 30.5. The Hall–Kier alpha value is -3.98. The smallest absolute Gasteiger partial charge is 0.253 e. The van der Waals surface area contributed by atoms with Crippen LogP contribution < -0.4 is 10.2 Å². The Bertz CT molecular complexity index is 1470. The molecule has 2 fully saturated rings. The van der Waals surface area contributed by atoms with Crippen LogP contribution in [0.1, 0.15) is 56.8 Å². The number of piperidine rings is 2. The van der Waals surface area contributed by atoms with Crippen LogP contribution in [0.5, 0.6) is 0 Å². The molecule has 43 heavy (non-hydrogen) atoms. The van der Waals surface area contributed by atoms with Crippen LogP contribution in [0.15, 0.2) is 71.9 Å². The van der Waals surface area contributed by atoms with E-state index in [0.717, 1.165) is 75.4 Å². The number of hydrogen-bond donors (Lipinski definition) is 1. The van der Waals surface area contributed by atoms with Gasteiger partial charge in [-0.25, -0.2) is 4.52 Å². The van der Waals surface area contributed by atoms with Crippen molar-refractivity contribution in [3.63, 3.8) is 0 Å². The Morgan fingerprint density at radius 1 is 1.12 bits per heavy atom. The van der Waals surface area contributed by atoms with Gasteiger partial charge in [-0.2, -0.15) is 4.98 Å². The van der Waals surface area contributed by atoms with Crippen LogP contribution >= 0.6 is 0 Å². The highest BCUT2D eigenvalue weighted by atomic mass is 16.2. The molecule has 0 aliphatic carbocycles. The quantitative estimate of drug-likeness (QED) is 0.252. The van der Waals surface area contributed by atoms with Gasteiger partial charge in [0, 0.05) is 54.8 Å². The van der Waals surface area contributed by atoms with Crippen molar-refractivity contribution in [1.29, 1.82) is 0 Å².